The van der Waals surface area contributed by atoms with Gasteiger partial charge in [0.15, 0.2) is 5.13 Å². The first-order chi connectivity index (χ1) is 11.8. The van der Waals surface area contributed by atoms with Gasteiger partial charge >= 0.3 is 0 Å². The van der Waals surface area contributed by atoms with E-state index in [0.717, 1.165) is 5.69 Å². The van der Waals surface area contributed by atoms with Gasteiger partial charge in [0.05, 0.1) is 11.9 Å². The number of hydrogen-bond acceptors (Lipinski definition) is 5. The van der Waals surface area contributed by atoms with E-state index >= 15 is 0 Å². The van der Waals surface area contributed by atoms with Gasteiger partial charge in [-0.05, 0) is 49.2 Å². The van der Waals surface area contributed by atoms with Crippen LogP contribution in [0.1, 0.15) is 34.8 Å². The highest BCUT2D eigenvalue weighted by molar-refractivity contribution is 7.14. The highest BCUT2D eigenvalue weighted by Gasteiger charge is 2.26. The van der Waals surface area contributed by atoms with Gasteiger partial charge in [0.2, 0.25) is 0 Å². The summed E-state index contributed by atoms with van der Waals surface area (Å²) in [5.74, 6) is 1.74. The molecule has 6 heteroatoms. The van der Waals surface area contributed by atoms with Crippen LogP contribution in [0.4, 0.5) is 5.13 Å². The van der Waals surface area contributed by atoms with Gasteiger partial charge in [0.25, 0.3) is 5.91 Å². The number of nitrogens with zero attached hydrogens (tertiary/aromatic N) is 2. The van der Waals surface area contributed by atoms with E-state index in [4.69, 9.17) is 4.74 Å². The normalized spacial score (nSPS) is 13.5. The molecule has 0 aliphatic heterocycles. The van der Waals surface area contributed by atoms with Crippen molar-refractivity contribution < 1.29 is 9.53 Å². The molecule has 24 heavy (non-hydrogen) atoms. The van der Waals surface area contributed by atoms with Gasteiger partial charge in [-0.25, -0.2) is 4.98 Å². The molecule has 3 aromatic rings. The minimum Gasteiger partial charge on any atom is -0.456 e. The van der Waals surface area contributed by atoms with E-state index in [9.17, 15) is 4.79 Å². The molecule has 0 saturated heterocycles. The number of anilines is 1. The fourth-order valence-electron chi connectivity index (χ4n) is 2.30. The van der Waals surface area contributed by atoms with Crippen molar-refractivity contribution >= 4 is 22.4 Å². The molecule has 1 fully saturated rings. The van der Waals surface area contributed by atoms with Gasteiger partial charge in [-0.3, -0.25) is 15.1 Å². The number of rotatable bonds is 5. The van der Waals surface area contributed by atoms with Crippen molar-refractivity contribution in [1.29, 1.82) is 0 Å². The SMILES string of the molecule is O=C(Nc1nc(C2CC2)cs1)c1ccc(Oc2cccnc2)cc1. The molecule has 1 aliphatic carbocycles. The minimum absolute atomic E-state index is 0.167. The lowest BCUT2D eigenvalue weighted by molar-refractivity contribution is 0.102. The zero-order valence-electron chi connectivity index (χ0n) is 12.8. The second-order valence-electron chi connectivity index (χ2n) is 5.62. The van der Waals surface area contributed by atoms with Crippen LogP contribution in [0.25, 0.3) is 0 Å². The van der Waals surface area contributed by atoms with Crippen LogP contribution in [0, 0.1) is 0 Å². The number of ether oxygens (including phenoxy) is 1. The predicted molar refractivity (Wildman–Crippen MR) is 92.8 cm³/mol. The first kappa shape index (κ1) is 14.8. The smallest absolute Gasteiger partial charge is 0.257 e. The van der Waals surface area contributed by atoms with Gasteiger partial charge in [-0.15, -0.1) is 11.3 Å². The molecule has 1 aliphatic rings. The molecule has 120 valence electrons. The second kappa shape index (κ2) is 6.41. The fourth-order valence-corrected chi connectivity index (χ4v) is 3.08. The van der Waals surface area contributed by atoms with E-state index in [0.29, 0.717) is 28.1 Å². The molecule has 1 aromatic carbocycles. The number of pyridine rings is 1. The highest BCUT2D eigenvalue weighted by atomic mass is 32.1. The van der Waals surface area contributed by atoms with Gasteiger partial charge in [-0.1, -0.05) is 0 Å². The topological polar surface area (TPSA) is 64.1 Å². The van der Waals surface area contributed by atoms with Gasteiger partial charge < -0.3 is 4.74 Å². The van der Waals surface area contributed by atoms with Crippen molar-refractivity contribution in [2.75, 3.05) is 5.32 Å². The summed E-state index contributed by atoms with van der Waals surface area (Å²) in [5.41, 5.74) is 1.66. The number of carbonyl (C=O) groups is 1. The van der Waals surface area contributed by atoms with Crippen LogP contribution in [0.15, 0.2) is 54.2 Å². The van der Waals surface area contributed by atoms with E-state index in [1.807, 2.05) is 11.4 Å². The van der Waals surface area contributed by atoms with Gasteiger partial charge in [-0.2, -0.15) is 0 Å². The summed E-state index contributed by atoms with van der Waals surface area (Å²) in [7, 11) is 0. The summed E-state index contributed by atoms with van der Waals surface area (Å²) in [4.78, 5) is 20.7. The van der Waals surface area contributed by atoms with Crippen LogP contribution < -0.4 is 10.1 Å². The summed E-state index contributed by atoms with van der Waals surface area (Å²) < 4.78 is 5.66. The van der Waals surface area contributed by atoms with E-state index in [2.05, 4.69) is 15.3 Å². The van der Waals surface area contributed by atoms with Crippen molar-refractivity contribution in [2.24, 2.45) is 0 Å². The van der Waals surface area contributed by atoms with Crippen molar-refractivity contribution in [3.63, 3.8) is 0 Å². The van der Waals surface area contributed by atoms with Crippen molar-refractivity contribution in [3.8, 4) is 11.5 Å². The molecule has 0 unspecified atom stereocenters. The average Bonchev–Trinajstić information content (AvgIpc) is 3.36. The quantitative estimate of drug-likeness (QED) is 0.746. The van der Waals surface area contributed by atoms with Crippen molar-refractivity contribution in [2.45, 2.75) is 18.8 Å². The lowest BCUT2D eigenvalue weighted by Gasteiger charge is -2.06. The Kier molecular flexibility index (Phi) is 3.96. The third kappa shape index (κ3) is 3.44. The number of thiazole rings is 1. The summed E-state index contributed by atoms with van der Waals surface area (Å²) in [6.45, 7) is 0. The number of amides is 1. The van der Waals surface area contributed by atoms with Crippen LogP contribution in [0.3, 0.4) is 0 Å². The van der Waals surface area contributed by atoms with Crippen LogP contribution in [0.2, 0.25) is 0 Å². The van der Waals surface area contributed by atoms with Crippen LogP contribution >= 0.6 is 11.3 Å². The van der Waals surface area contributed by atoms with Crippen LogP contribution in [0.5, 0.6) is 11.5 Å². The summed E-state index contributed by atoms with van der Waals surface area (Å²) in [5, 5.41) is 5.52. The lowest BCUT2D eigenvalue weighted by atomic mass is 10.2. The monoisotopic (exact) mass is 337 g/mol. The van der Waals surface area contributed by atoms with Crippen molar-refractivity contribution in [1.82, 2.24) is 9.97 Å². The van der Waals surface area contributed by atoms with Gasteiger partial charge in [0.1, 0.15) is 11.5 Å². The largest absolute Gasteiger partial charge is 0.456 e. The zero-order valence-corrected chi connectivity index (χ0v) is 13.6. The summed E-state index contributed by atoms with van der Waals surface area (Å²) >= 11 is 1.47. The summed E-state index contributed by atoms with van der Waals surface area (Å²) in [6.07, 6.45) is 5.74. The molecule has 5 nitrogen and oxygen atoms in total. The molecular weight excluding hydrogens is 322 g/mol. The van der Waals surface area contributed by atoms with Crippen LogP contribution in [-0.2, 0) is 0 Å². The maximum absolute atomic E-state index is 12.3. The summed E-state index contributed by atoms with van der Waals surface area (Å²) in [6, 6.07) is 10.6. The number of aromatic nitrogens is 2. The molecule has 2 aromatic heterocycles. The zero-order chi connectivity index (χ0) is 16.4. The minimum atomic E-state index is -0.167. The van der Waals surface area contributed by atoms with E-state index in [1.165, 1.54) is 24.2 Å². The maximum atomic E-state index is 12.3. The molecule has 0 radical (unpaired) electrons. The molecule has 0 bridgehead atoms. The first-order valence-electron chi connectivity index (χ1n) is 7.73. The third-order valence-corrected chi connectivity index (χ3v) is 4.50. The Labute approximate surface area is 143 Å². The molecule has 0 atom stereocenters. The molecule has 1 amide bonds. The Hall–Kier alpha value is -2.73. The molecule has 1 N–H and O–H groups in total. The van der Waals surface area contributed by atoms with Crippen LogP contribution in [-0.4, -0.2) is 15.9 Å². The van der Waals surface area contributed by atoms with E-state index < -0.39 is 0 Å². The highest BCUT2D eigenvalue weighted by Crippen LogP contribution is 2.40. The number of hydrogen-bond donors (Lipinski definition) is 1. The average molecular weight is 337 g/mol. The molecular formula is C18H15N3O2S. The Balaban J connectivity index is 1.40. The fraction of sp³-hybridized carbons (Fsp3) is 0.167. The standard InChI is InChI=1S/C18H15N3O2S/c22-17(21-18-20-16(11-24-18)12-3-4-12)13-5-7-14(8-6-13)23-15-2-1-9-19-10-15/h1-2,5-12H,3-4H2,(H,20,21,22). The second-order valence-corrected chi connectivity index (χ2v) is 6.48. The first-order valence-corrected chi connectivity index (χ1v) is 8.60. The number of benzene rings is 1. The Morgan fingerprint density at radius 2 is 2.00 bits per heavy atom. The molecule has 2 heterocycles. The Morgan fingerprint density at radius 3 is 2.71 bits per heavy atom. The molecule has 4 rings (SSSR count). The van der Waals surface area contributed by atoms with E-state index in [-0.39, 0.29) is 5.91 Å². The molecule has 1 saturated carbocycles. The van der Waals surface area contributed by atoms with E-state index in [1.54, 1.807) is 42.7 Å². The molecule has 0 spiro atoms. The Bertz CT molecular complexity index is 842. The lowest BCUT2D eigenvalue weighted by Crippen LogP contribution is -2.11. The van der Waals surface area contributed by atoms with Crippen molar-refractivity contribution in [3.05, 3.63) is 65.4 Å². The third-order valence-electron chi connectivity index (χ3n) is 3.72. The Morgan fingerprint density at radius 1 is 1.17 bits per heavy atom. The number of carbonyl (C=O) groups excluding carboxylic acids is 1. The predicted octanol–water partition coefficient (Wildman–Crippen LogP) is 4.46. The van der Waals surface area contributed by atoms with Gasteiger partial charge in [0, 0.05) is 23.1 Å². The number of nitrogens with one attached hydrogen (secondary N) is 1. The maximum Gasteiger partial charge on any atom is 0.257 e.